The second kappa shape index (κ2) is 15.1. The fraction of sp³-hybridized carbons (Fsp3) is 0.0606. The molecule has 3 aliphatic rings. The quantitative estimate of drug-likeness (QED) is 0.160. The molecule has 10 aromatic carbocycles. The van der Waals surface area contributed by atoms with Crippen molar-refractivity contribution in [3.8, 4) is 45.3 Å². The van der Waals surface area contributed by atoms with Crippen molar-refractivity contribution in [3.63, 3.8) is 0 Å². The van der Waals surface area contributed by atoms with Gasteiger partial charge in [-0.1, -0.05) is 148 Å². The molecule has 3 aliphatic heterocycles. The molecule has 0 radical (unpaired) electrons. The number of para-hydroxylation sites is 6. The molecule has 0 spiro atoms. The van der Waals surface area contributed by atoms with Crippen LogP contribution in [0.1, 0.15) is 26.3 Å². The first-order valence-corrected chi connectivity index (χ1v) is 25.4. The minimum absolute atomic E-state index is 0.102. The lowest BCUT2D eigenvalue weighted by Crippen LogP contribution is -2.56. The average molecular weight is 954 g/mol. The summed E-state index contributed by atoms with van der Waals surface area (Å²) in [5.74, 6) is 2.63. The number of ether oxygens (including phenoxy) is 2. The molecule has 74 heavy (non-hydrogen) atoms. The number of benzene rings is 10. The van der Waals surface area contributed by atoms with Crippen molar-refractivity contribution in [1.29, 1.82) is 0 Å². The summed E-state index contributed by atoms with van der Waals surface area (Å²) in [4.78, 5) is 4.86. The van der Waals surface area contributed by atoms with Crippen LogP contribution in [0, 0.1) is 0 Å². The number of aromatic nitrogens is 1. The van der Waals surface area contributed by atoms with E-state index in [0.29, 0.717) is 23.0 Å². The van der Waals surface area contributed by atoms with Crippen molar-refractivity contribution in [2.75, 3.05) is 9.80 Å². The van der Waals surface area contributed by atoms with Crippen LogP contribution in [0.2, 0.25) is 0 Å². The fourth-order valence-corrected chi connectivity index (χ4v) is 12.3. The van der Waals surface area contributed by atoms with E-state index in [4.69, 9.17) is 18.3 Å². The number of furan rings is 2. The molecular formula is C66H44BN3O4. The third kappa shape index (κ3) is 5.73. The zero-order chi connectivity index (χ0) is 49.0. The Morgan fingerprint density at radius 2 is 1.09 bits per heavy atom. The summed E-state index contributed by atoms with van der Waals surface area (Å²) < 4.78 is 30.7. The Morgan fingerprint density at radius 3 is 1.80 bits per heavy atom. The average Bonchev–Trinajstić information content (AvgIpc) is 4.15. The highest BCUT2D eigenvalue weighted by molar-refractivity contribution is 6.90. The van der Waals surface area contributed by atoms with E-state index in [1.54, 1.807) is 0 Å². The molecule has 16 rings (SSSR count). The first-order valence-electron chi connectivity index (χ1n) is 25.4. The van der Waals surface area contributed by atoms with Crippen LogP contribution in [0.3, 0.4) is 0 Å². The van der Waals surface area contributed by atoms with E-state index >= 15 is 0 Å². The predicted molar refractivity (Wildman–Crippen MR) is 302 cm³/mol. The van der Waals surface area contributed by atoms with Gasteiger partial charge in [-0.15, -0.1) is 0 Å². The van der Waals surface area contributed by atoms with E-state index in [9.17, 15) is 0 Å². The Kier molecular flexibility index (Phi) is 8.40. The van der Waals surface area contributed by atoms with Gasteiger partial charge in [0.05, 0.1) is 22.3 Å². The van der Waals surface area contributed by atoms with Crippen molar-refractivity contribution < 1.29 is 18.3 Å². The van der Waals surface area contributed by atoms with Gasteiger partial charge in [0.1, 0.15) is 16.7 Å². The monoisotopic (exact) mass is 953 g/mol. The Balaban J connectivity index is 1.10. The Labute approximate surface area is 426 Å². The first-order chi connectivity index (χ1) is 36.4. The van der Waals surface area contributed by atoms with E-state index in [0.717, 1.165) is 122 Å². The molecule has 6 heterocycles. The molecule has 0 unspecified atom stereocenters. The van der Waals surface area contributed by atoms with Gasteiger partial charge in [-0.3, -0.25) is 0 Å². The Bertz CT molecular complexity index is 4450. The van der Waals surface area contributed by atoms with Crippen LogP contribution in [-0.4, -0.2) is 11.3 Å². The molecule has 0 atom stereocenters. The molecule has 3 aromatic heterocycles. The third-order valence-corrected chi connectivity index (χ3v) is 15.5. The Hall–Kier alpha value is -9.40. The van der Waals surface area contributed by atoms with E-state index in [-0.39, 0.29) is 5.41 Å². The molecule has 13 aromatic rings. The zero-order valence-corrected chi connectivity index (χ0v) is 40.8. The number of nitrogens with zero attached hydrogens (tertiary/aromatic N) is 3. The molecule has 0 N–H and O–H groups in total. The van der Waals surface area contributed by atoms with Crippen molar-refractivity contribution in [2.24, 2.45) is 0 Å². The van der Waals surface area contributed by atoms with Crippen LogP contribution in [-0.2, 0) is 5.41 Å². The highest BCUT2D eigenvalue weighted by Gasteiger charge is 2.47. The molecule has 350 valence electrons. The van der Waals surface area contributed by atoms with Crippen LogP contribution >= 0.6 is 0 Å². The molecular weight excluding hydrogens is 910 g/mol. The van der Waals surface area contributed by atoms with Gasteiger partial charge in [0.15, 0.2) is 28.7 Å². The first kappa shape index (κ1) is 41.2. The van der Waals surface area contributed by atoms with E-state index in [1.165, 1.54) is 5.56 Å². The van der Waals surface area contributed by atoms with Crippen LogP contribution in [0.4, 0.5) is 34.1 Å². The number of fused-ring (bicyclic) bond motifs is 15. The highest BCUT2D eigenvalue weighted by Crippen LogP contribution is 2.56. The van der Waals surface area contributed by atoms with Gasteiger partial charge in [-0.05, 0) is 106 Å². The van der Waals surface area contributed by atoms with Gasteiger partial charge in [-0.2, -0.15) is 0 Å². The molecule has 0 amide bonds. The smallest absolute Gasteiger partial charge is 0.336 e. The normalized spacial score (nSPS) is 13.2. The molecule has 0 saturated carbocycles. The van der Waals surface area contributed by atoms with Gasteiger partial charge in [0, 0.05) is 67.1 Å². The molecule has 7 nitrogen and oxygen atoms in total. The number of hydrogen-bond acceptors (Lipinski definition) is 6. The summed E-state index contributed by atoms with van der Waals surface area (Å²) in [6.45, 7) is 6.43. The summed E-state index contributed by atoms with van der Waals surface area (Å²) in [7, 11) is 0. The summed E-state index contributed by atoms with van der Waals surface area (Å²) in [6, 6.07) is 75.4. The second-order valence-corrected chi connectivity index (χ2v) is 20.8. The maximum absolute atomic E-state index is 7.30. The van der Waals surface area contributed by atoms with E-state index in [1.807, 2.05) is 24.3 Å². The second-order valence-electron chi connectivity index (χ2n) is 20.8. The number of hydrogen-bond donors (Lipinski definition) is 0. The summed E-state index contributed by atoms with van der Waals surface area (Å²) in [5.41, 5.74) is 18.3. The lowest BCUT2D eigenvalue weighted by atomic mass is 9.45. The molecule has 0 fully saturated rings. The van der Waals surface area contributed by atoms with E-state index in [2.05, 4.69) is 223 Å². The topological polar surface area (TPSA) is 56.2 Å². The maximum atomic E-state index is 7.30. The summed E-state index contributed by atoms with van der Waals surface area (Å²) >= 11 is 0. The lowest BCUT2D eigenvalue weighted by Gasteiger charge is -2.41. The van der Waals surface area contributed by atoms with Gasteiger partial charge >= 0.3 is 6.85 Å². The maximum Gasteiger partial charge on any atom is 0.336 e. The van der Waals surface area contributed by atoms with Crippen LogP contribution in [0.25, 0.3) is 77.2 Å². The minimum Gasteiger partial charge on any atom is -0.455 e. The predicted octanol–water partition coefficient (Wildman–Crippen LogP) is 17.2. The number of rotatable bonds is 5. The standard InChI is InChI=1S/C66H44BN3O4/c1-66(2,3)40-31-33-49(46(35-40)39-19-7-4-8-20-39)69-51-38-58-57(71-55-29-17-18-30-56(55)72-58)37-48(51)67-62-52(69)36-47-43-25-13-15-27-53(43)73-64(47)60(62)45-32-34-50(68(41-21-9-5-10-22-41)42-23-11-6-12-24-42)61-59-44-26-14-16-28-54(44)74-65(59)70(67)63(45)61/h4-38H,1-3H3. The zero-order valence-electron chi connectivity index (χ0n) is 40.8. The van der Waals surface area contributed by atoms with Crippen molar-refractivity contribution >= 4 is 107 Å². The summed E-state index contributed by atoms with van der Waals surface area (Å²) in [5, 5.41) is 5.30. The van der Waals surface area contributed by atoms with Crippen LogP contribution in [0.15, 0.2) is 221 Å². The van der Waals surface area contributed by atoms with Crippen molar-refractivity contribution in [3.05, 3.63) is 218 Å². The van der Waals surface area contributed by atoms with Gasteiger partial charge in [0.2, 0.25) is 0 Å². The molecule has 0 bridgehead atoms. The van der Waals surface area contributed by atoms with Gasteiger partial charge < -0.3 is 32.6 Å². The third-order valence-electron chi connectivity index (χ3n) is 15.5. The SMILES string of the molecule is CC(C)(C)c1ccc(N2c3cc4c(cc3B3c5c2cc2c(oc6ccccc62)c5-c2ccc(N(c5ccccc5)c5ccccc5)c5c6c7ccccc7oc6n3c25)Oc2ccccc2O4)c(-c2ccccc2)c1. The Morgan fingerprint density at radius 1 is 0.473 bits per heavy atom. The summed E-state index contributed by atoms with van der Waals surface area (Å²) in [6.07, 6.45) is 0. The lowest BCUT2D eigenvalue weighted by molar-refractivity contribution is 0.360. The van der Waals surface area contributed by atoms with Crippen LogP contribution < -0.4 is 30.2 Å². The largest absolute Gasteiger partial charge is 0.455 e. The highest BCUT2D eigenvalue weighted by atomic mass is 16.6. The molecule has 8 heteroatoms. The fourth-order valence-electron chi connectivity index (χ4n) is 12.3. The van der Waals surface area contributed by atoms with Crippen molar-refractivity contribution in [1.82, 2.24) is 4.48 Å². The van der Waals surface area contributed by atoms with Crippen molar-refractivity contribution in [2.45, 2.75) is 26.2 Å². The van der Waals surface area contributed by atoms with Gasteiger partial charge in [-0.25, -0.2) is 0 Å². The van der Waals surface area contributed by atoms with E-state index < -0.39 is 6.85 Å². The number of anilines is 6. The molecule has 0 aliphatic carbocycles. The minimum atomic E-state index is -0.422. The molecule has 0 saturated heterocycles. The van der Waals surface area contributed by atoms with Crippen LogP contribution in [0.5, 0.6) is 23.0 Å². The van der Waals surface area contributed by atoms with Gasteiger partial charge in [0.25, 0.3) is 0 Å².